The van der Waals surface area contributed by atoms with Crippen molar-refractivity contribution in [3.63, 3.8) is 0 Å². The highest BCUT2D eigenvalue weighted by Crippen LogP contribution is 2.36. The second-order valence-corrected chi connectivity index (χ2v) is 10.2. The lowest BCUT2D eigenvalue weighted by molar-refractivity contribution is -0.140. The molecule has 0 spiro atoms. The zero-order chi connectivity index (χ0) is 26.8. The first kappa shape index (κ1) is 26.0. The molecule has 5 rings (SSSR count). The molecule has 2 aliphatic heterocycles. The van der Waals surface area contributed by atoms with Gasteiger partial charge in [0.2, 0.25) is 5.91 Å². The fourth-order valence-corrected chi connectivity index (χ4v) is 5.97. The summed E-state index contributed by atoms with van der Waals surface area (Å²) in [4.78, 5) is 31.8. The Morgan fingerprint density at radius 1 is 1.03 bits per heavy atom. The summed E-state index contributed by atoms with van der Waals surface area (Å²) < 4.78 is 40.3. The van der Waals surface area contributed by atoms with E-state index < -0.39 is 23.4 Å². The number of nitrogens with one attached hydrogen (secondary N) is 1. The molecule has 0 radical (unpaired) electrons. The smallest absolute Gasteiger partial charge is 0.303 e. The molecule has 3 aromatic rings. The Morgan fingerprint density at radius 2 is 1.74 bits per heavy atom. The normalized spacial score (nSPS) is 21.4. The number of rotatable bonds is 6. The second-order valence-electron chi connectivity index (χ2n) is 10.2. The van der Waals surface area contributed by atoms with E-state index >= 15 is 0 Å². The first-order valence-electron chi connectivity index (χ1n) is 12.9. The van der Waals surface area contributed by atoms with Crippen LogP contribution < -0.4 is 0 Å². The lowest BCUT2D eigenvalue weighted by Crippen LogP contribution is -2.55. The Labute approximate surface area is 218 Å². The van der Waals surface area contributed by atoms with Crippen LogP contribution in [0.25, 0.3) is 17.0 Å². The summed E-state index contributed by atoms with van der Waals surface area (Å²) in [6.45, 7) is 2.38. The van der Waals surface area contributed by atoms with Gasteiger partial charge in [-0.15, -0.1) is 0 Å². The van der Waals surface area contributed by atoms with E-state index in [-0.39, 0.29) is 29.9 Å². The Hall–Kier alpha value is -3.59. The SMILES string of the molecule is O=C(O)CC1CCN(C(=O)C=Cc2cc(F)c(F)c(F)c2)CC1N1CCC(c2c[nH]c3ccccc23)CC1. The number of halogens is 3. The zero-order valence-electron chi connectivity index (χ0n) is 20.9. The Bertz CT molecular complexity index is 1340. The molecule has 3 heterocycles. The largest absolute Gasteiger partial charge is 0.481 e. The fourth-order valence-electron chi connectivity index (χ4n) is 5.97. The summed E-state index contributed by atoms with van der Waals surface area (Å²) in [5.74, 6) is -5.04. The number of amides is 1. The van der Waals surface area contributed by atoms with Crippen LogP contribution in [0.2, 0.25) is 0 Å². The number of carbonyl (C=O) groups excluding carboxylic acids is 1. The van der Waals surface area contributed by atoms with Gasteiger partial charge in [0.15, 0.2) is 17.5 Å². The van der Waals surface area contributed by atoms with Crippen LogP contribution in [0.4, 0.5) is 13.2 Å². The van der Waals surface area contributed by atoms with Crippen LogP contribution in [0.5, 0.6) is 0 Å². The number of carboxylic acid groups (broad SMARTS) is 1. The van der Waals surface area contributed by atoms with Crippen LogP contribution in [-0.4, -0.2) is 64.0 Å². The third-order valence-electron chi connectivity index (χ3n) is 7.95. The van der Waals surface area contributed by atoms with Gasteiger partial charge >= 0.3 is 5.97 Å². The lowest BCUT2D eigenvalue weighted by Gasteiger charge is -2.46. The summed E-state index contributed by atoms with van der Waals surface area (Å²) in [6, 6.07) is 9.82. The maximum absolute atomic E-state index is 13.5. The van der Waals surface area contributed by atoms with Crippen molar-refractivity contribution in [2.75, 3.05) is 26.2 Å². The number of para-hydroxylation sites is 1. The van der Waals surface area contributed by atoms with E-state index in [0.717, 1.165) is 43.6 Å². The van der Waals surface area contributed by atoms with Gasteiger partial charge in [-0.2, -0.15) is 0 Å². The van der Waals surface area contributed by atoms with Gasteiger partial charge in [-0.3, -0.25) is 14.5 Å². The van der Waals surface area contributed by atoms with Crippen molar-refractivity contribution in [3.05, 3.63) is 77.2 Å². The van der Waals surface area contributed by atoms with Crippen LogP contribution in [0, 0.1) is 23.4 Å². The zero-order valence-corrected chi connectivity index (χ0v) is 20.9. The number of H-pyrrole nitrogens is 1. The van der Waals surface area contributed by atoms with Crippen LogP contribution in [0.3, 0.4) is 0 Å². The van der Waals surface area contributed by atoms with E-state index in [4.69, 9.17) is 0 Å². The Kier molecular flexibility index (Phi) is 7.56. The molecule has 2 atom stereocenters. The number of aromatic nitrogens is 1. The molecule has 1 amide bonds. The number of hydrogen-bond donors (Lipinski definition) is 2. The average Bonchev–Trinajstić information content (AvgIpc) is 3.34. The van der Waals surface area contributed by atoms with E-state index in [1.807, 2.05) is 12.1 Å². The van der Waals surface area contributed by atoms with Gasteiger partial charge in [0.05, 0.1) is 0 Å². The minimum atomic E-state index is -1.55. The van der Waals surface area contributed by atoms with Crippen molar-refractivity contribution in [3.8, 4) is 0 Å². The highest BCUT2D eigenvalue weighted by atomic mass is 19.2. The fraction of sp³-hybridized carbons (Fsp3) is 0.379. The highest BCUT2D eigenvalue weighted by molar-refractivity contribution is 5.92. The maximum Gasteiger partial charge on any atom is 0.303 e. The Morgan fingerprint density at radius 3 is 2.45 bits per heavy atom. The second kappa shape index (κ2) is 11.0. The molecular formula is C29H30F3N3O3. The molecule has 2 aliphatic rings. The molecule has 2 aromatic carbocycles. The summed E-state index contributed by atoms with van der Waals surface area (Å²) in [7, 11) is 0. The first-order valence-corrected chi connectivity index (χ1v) is 12.9. The number of nitrogens with zero attached hydrogens (tertiary/aromatic N) is 2. The topological polar surface area (TPSA) is 76.6 Å². The molecule has 9 heteroatoms. The van der Waals surface area contributed by atoms with Crippen molar-refractivity contribution in [2.45, 2.75) is 37.6 Å². The lowest BCUT2D eigenvalue weighted by atomic mass is 9.84. The summed E-state index contributed by atoms with van der Waals surface area (Å²) in [6.07, 6.45) is 7.05. The molecular weight excluding hydrogens is 495 g/mol. The van der Waals surface area contributed by atoms with Gasteiger partial charge in [-0.1, -0.05) is 18.2 Å². The molecule has 2 saturated heterocycles. The van der Waals surface area contributed by atoms with Crippen molar-refractivity contribution in [2.24, 2.45) is 5.92 Å². The molecule has 200 valence electrons. The predicted octanol–water partition coefficient (Wildman–Crippen LogP) is 5.17. The average molecular weight is 526 g/mol. The third kappa shape index (κ3) is 5.48. The van der Waals surface area contributed by atoms with Crippen molar-refractivity contribution in [1.82, 2.24) is 14.8 Å². The van der Waals surface area contributed by atoms with Gasteiger partial charge in [0, 0.05) is 48.7 Å². The molecule has 38 heavy (non-hydrogen) atoms. The molecule has 0 saturated carbocycles. The standard InChI is InChI=1S/C29H30F3N3O3/c30-23-13-18(14-24(31)29(23)32)5-6-27(36)35-12-9-20(15-28(37)38)26(17-35)34-10-7-19(8-11-34)22-16-33-25-4-2-1-3-21(22)25/h1-6,13-14,16,19-20,26,33H,7-12,15,17H2,(H,37,38). The van der Waals surface area contributed by atoms with E-state index in [1.54, 1.807) is 4.90 Å². The quantitative estimate of drug-likeness (QED) is 0.344. The minimum Gasteiger partial charge on any atom is -0.481 e. The van der Waals surface area contributed by atoms with Gasteiger partial charge < -0.3 is 15.0 Å². The highest BCUT2D eigenvalue weighted by Gasteiger charge is 2.37. The van der Waals surface area contributed by atoms with Crippen LogP contribution in [0.1, 0.15) is 42.7 Å². The number of fused-ring (bicyclic) bond motifs is 1. The summed E-state index contributed by atoms with van der Waals surface area (Å²) in [5.41, 5.74) is 2.47. The van der Waals surface area contributed by atoms with E-state index in [0.29, 0.717) is 25.4 Å². The molecule has 6 nitrogen and oxygen atoms in total. The van der Waals surface area contributed by atoms with Crippen molar-refractivity contribution in [1.29, 1.82) is 0 Å². The van der Waals surface area contributed by atoms with Gasteiger partial charge in [0.1, 0.15) is 0 Å². The van der Waals surface area contributed by atoms with Crippen LogP contribution in [0.15, 0.2) is 48.7 Å². The number of benzene rings is 2. The van der Waals surface area contributed by atoms with E-state index in [1.165, 1.54) is 23.1 Å². The summed E-state index contributed by atoms with van der Waals surface area (Å²) >= 11 is 0. The monoisotopic (exact) mass is 525 g/mol. The number of carbonyl (C=O) groups is 2. The Balaban J connectivity index is 1.26. The summed E-state index contributed by atoms with van der Waals surface area (Å²) in [5, 5.41) is 10.7. The molecule has 0 aliphatic carbocycles. The minimum absolute atomic E-state index is 0.0407. The molecule has 1 aromatic heterocycles. The number of aromatic amines is 1. The number of carboxylic acids is 1. The van der Waals surface area contributed by atoms with Crippen LogP contribution >= 0.6 is 0 Å². The van der Waals surface area contributed by atoms with E-state index in [2.05, 4.69) is 28.2 Å². The number of aliphatic carboxylic acids is 1. The predicted molar refractivity (Wildman–Crippen MR) is 138 cm³/mol. The van der Waals surface area contributed by atoms with Gasteiger partial charge in [-0.25, -0.2) is 13.2 Å². The number of hydrogen-bond acceptors (Lipinski definition) is 3. The van der Waals surface area contributed by atoms with Crippen LogP contribution in [-0.2, 0) is 9.59 Å². The number of piperidine rings is 2. The molecule has 2 fully saturated rings. The number of likely N-dealkylation sites (tertiary alicyclic amines) is 2. The van der Waals surface area contributed by atoms with Crippen molar-refractivity contribution >= 4 is 28.9 Å². The van der Waals surface area contributed by atoms with Crippen molar-refractivity contribution < 1.29 is 27.9 Å². The molecule has 0 bridgehead atoms. The van der Waals surface area contributed by atoms with Gasteiger partial charge in [0.25, 0.3) is 0 Å². The maximum atomic E-state index is 13.5. The molecule has 2 N–H and O–H groups in total. The molecule has 2 unspecified atom stereocenters. The third-order valence-corrected chi connectivity index (χ3v) is 7.95. The first-order chi connectivity index (χ1) is 18.3. The van der Waals surface area contributed by atoms with Gasteiger partial charge in [-0.05, 0) is 79.6 Å². The van der Waals surface area contributed by atoms with E-state index in [9.17, 15) is 27.9 Å².